The molecule has 0 aromatic heterocycles. The molecule has 1 saturated heterocycles. The Labute approximate surface area is 183 Å². The number of imide groups is 1. The minimum Gasteiger partial charge on any atom is -0.494 e. The number of ether oxygens (including phenoxy) is 1. The van der Waals surface area contributed by atoms with Crippen molar-refractivity contribution in [3.05, 3.63) is 53.1 Å². The molecule has 0 spiro atoms. The SMILES string of the molecule is CCOc1ccc(N2C(=O)[C@@H]3[C@@H](N=NN3CC(=O)Nc3cc(Cl)ccc3C)C2=O)cc1. The lowest BCUT2D eigenvalue weighted by atomic mass is 10.1. The predicted molar refractivity (Wildman–Crippen MR) is 114 cm³/mol. The molecule has 2 atom stereocenters. The third-order valence-corrected chi connectivity index (χ3v) is 5.28. The van der Waals surface area contributed by atoms with E-state index in [0.29, 0.717) is 28.8 Å². The molecular weight excluding hydrogens is 422 g/mol. The number of amides is 3. The highest BCUT2D eigenvalue weighted by Gasteiger charge is 2.55. The van der Waals surface area contributed by atoms with Crippen LogP contribution in [-0.4, -0.2) is 48.0 Å². The van der Waals surface area contributed by atoms with Gasteiger partial charge in [0.15, 0.2) is 12.1 Å². The van der Waals surface area contributed by atoms with Gasteiger partial charge in [0, 0.05) is 10.7 Å². The summed E-state index contributed by atoms with van der Waals surface area (Å²) in [6.45, 7) is 3.99. The highest BCUT2D eigenvalue weighted by atomic mass is 35.5. The van der Waals surface area contributed by atoms with E-state index in [4.69, 9.17) is 16.3 Å². The van der Waals surface area contributed by atoms with Crippen molar-refractivity contribution in [3.63, 3.8) is 0 Å². The van der Waals surface area contributed by atoms with Gasteiger partial charge in [-0.25, -0.2) is 4.90 Å². The molecule has 0 bridgehead atoms. The van der Waals surface area contributed by atoms with Crippen molar-refractivity contribution in [1.82, 2.24) is 5.01 Å². The molecule has 31 heavy (non-hydrogen) atoms. The van der Waals surface area contributed by atoms with Crippen molar-refractivity contribution >= 4 is 40.7 Å². The third kappa shape index (κ3) is 3.96. The number of fused-ring (bicyclic) bond motifs is 1. The zero-order valence-corrected chi connectivity index (χ0v) is 17.7. The molecule has 2 aromatic rings. The topological polar surface area (TPSA) is 104 Å². The van der Waals surface area contributed by atoms with E-state index < -0.39 is 29.8 Å². The molecular formula is C21H20ClN5O4. The minimum atomic E-state index is -0.972. The molecule has 2 aliphatic rings. The molecule has 0 aliphatic carbocycles. The molecule has 4 rings (SSSR count). The maximum Gasteiger partial charge on any atom is 0.263 e. The van der Waals surface area contributed by atoms with Crippen molar-refractivity contribution in [2.24, 2.45) is 10.3 Å². The van der Waals surface area contributed by atoms with Gasteiger partial charge < -0.3 is 10.1 Å². The van der Waals surface area contributed by atoms with Gasteiger partial charge in [0.05, 0.1) is 12.3 Å². The summed E-state index contributed by atoms with van der Waals surface area (Å²) in [5.41, 5.74) is 1.82. The van der Waals surface area contributed by atoms with E-state index in [2.05, 4.69) is 15.7 Å². The number of anilines is 2. The first kappa shape index (κ1) is 20.8. The number of rotatable bonds is 6. The number of nitrogens with zero attached hydrogens (tertiary/aromatic N) is 4. The molecule has 1 N–H and O–H groups in total. The molecule has 2 heterocycles. The monoisotopic (exact) mass is 441 g/mol. The van der Waals surface area contributed by atoms with Gasteiger partial charge in [-0.1, -0.05) is 22.9 Å². The van der Waals surface area contributed by atoms with Crippen LogP contribution in [-0.2, 0) is 14.4 Å². The lowest BCUT2D eigenvalue weighted by Gasteiger charge is -2.20. The van der Waals surface area contributed by atoms with E-state index in [9.17, 15) is 14.4 Å². The number of hydrogen-bond acceptors (Lipinski definition) is 7. The van der Waals surface area contributed by atoms with E-state index in [1.54, 1.807) is 42.5 Å². The molecule has 0 saturated carbocycles. The van der Waals surface area contributed by atoms with Gasteiger partial charge in [0.2, 0.25) is 5.91 Å². The Morgan fingerprint density at radius 2 is 1.90 bits per heavy atom. The van der Waals surface area contributed by atoms with Crippen LogP contribution in [0.5, 0.6) is 5.75 Å². The Hall–Kier alpha value is -3.46. The number of halogens is 1. The molecule has 10 heteroatoms. The number of nitrogens with one attached hydrogen (secondary N) is 1. The highest BCUT2D eigenvalue weighted by Crippen LogP contribution is 2.32. The van der Waals surface area contributed by atoms with Gasteiger partial charge in [-0.15, -0.1) is 0 Å². The summed E-state index contributed by atoms with van der Waals surface area (Å²) in [7, 11) is 0. The van der Waals surface area contributed by atoms with Gasteiger partial charge in [0.1, 0.15) is 12.3 Å². The van der Waals surface area contributed by atoms with E-state index in [0.717, 1.165) is 10.5 Å². The average molecular weight is 442 g/mol. The van der Waals surface area contributed by atoms with Crippen molar-refractivity contribution in [1.29, 1.82) is 0 Å². The fraction of sp³-hybridized carbons (Fsp3) is 0.286. The lowest BCUT2D eigenvalue weighted by Crippen LogP contribution is -2.43. The quantitative estimate of drug-likeness (QED) is 0.694. The third-order valence-electron chi connectivity index (χ3n) is 5.04. The van der Waals surface area contributed by atoms with Gasteiger partial charge in [-0.3, -0.25) is 19.4 Å². The summed E-state index contributed by atoms with van der Waals surface area (Å²) in [5.74, 6) is -0.711. The number of carbonyl (C=O) groups is 3. The fourth-order valence-corrected chi connectivity index (χ4v) is 3.70. The lowest BCUT2D eigenvalue weighted by molar-refractivity contribution is -0.123. The van der Waals surface area contributed by atoms with Crippen LogP contribution < -0.4 is 15.0 Å². The standard InChI is InChI=1S/C21H20ClN5O4/c1-3-31-15-8-6-14(7-9-15)27-20(29)18-19(21(27)30)26(25-24-18)11-17(28)23-16-10-13(22)5-4-12(16)2/h4-10,18-19H,3,11H2,1-2H3,(H,23,28)/t18-,19+/m1/s1. The van der Waals surface area contributed by atoms with E-state index >= 15 is 0 Å². The Bertz CT molecular complexity index is 1070. The first-order valence-electron chi connectivity index (χ1n) is 9.73. The van der Waals surface area contributed by atoms with Crippen LogP contribution in [0.1, 0.15) is 12.5 Å². The normalized spacial score (nSPS) is 19.7. The van der Waals surface area contributed by atoms with Crippen molar-refractivity contribution < 1.29 is 19.1 Å². The number of aryl methyl sites for hydroxylation is 1. The van der Waals surface area contributed by atoms with Crippen molar-refractivity contribution in [3.8, 4) is 5.75 Å². The molecule has 0 unspecified atom stereocenters. The first-order chi connectivity index (χ1) is 14.9. The second-order valence-electron chi connectivity index (χ2n) is 7.14. The van der Waals surface area contributed by atoms with Crippen LogP contribution in [0.15, 0.2) is 52.8 Å². The molecule has 9 nitrogen and oxygen atoms in total. The summed E-state index contributed by atoms with van der Waals surface area (Å²) in [5, 5.41) is 12.3. The molecule has 2 aliphatic heterocycles. The Morgan fingerprint density at radius 3 is 2.61 bits per heavy atom. The van der Waals surface area contributed by atoms with Crippen LogP contribution in [0.3, 0.4) is 0 Å². The van der Waals surface area contributed by atoms with E-state index in [1.165, 1.54) is 5.01 Å². The van der Waals surface area contributed by atoms with Crippen LogP contribution in [0, 0.1) is 6.92 Å². The molecule has 1 fully saturated rings. The average Bonchev–Trinajstić information content (AvgIpc) is 3.25. The van der Waals surface area contributed by atoms with E-state index in [1.807, 2.05) is 13.8 Å². The number of benzene rings is 2. The van der Waals surface area contributed by atoms with Crippen LogP contribution in [0.25, 0.3) is 0 Å². The zero-order chi connectivity index (χ0) is 22.1. The smallest absolute Gasteiger partial charge is 0.263 e. The zero-order valence-electron chi connectivity index (χ0n) is 16.9. The van der Waals surface area contributed by atoms with Gasteiger partial charge >= 0.3 is 0 Å². The summed E-state index contributed by atoms with van der Waals surface area (Å²) < 4.78 is 5.39. The van der Waals surface area contributed by atoms with Crippen LogP contribution >= 0.6 is 11.6 Å². The largest absolute Gasteiger partial charge is 0.494 e. The van der Waals surface area contributed by atoms with Crippen LogP contribution in [0.4, 0.5) is 11.4 Å². The second-order valence-corrected chi connectivity index (χ2v) is 7.57. The second kappa shape index (κ2) is 8.35. The molecule has 2 aromatic carbocycles. The maximum absolute atomic E-state index is 13.0. The van der Waals surface area contributed by atoms with E-state index in [-0.39, 0.29) is 6.54 Å². The summed E-state index contributed by atoms with van der Waals surface area (Å²) in [6.07, 6.45) is 0. The van der Waals surface area contributed by atoms with Crippen molar-refractivity contribution in [2.75, 3.05) is 23.4 Å². The predicted octanol–water partition coefficient (Wildman–Crippen LogP) is 2.98. The molecule has 160 valence electrons. The van der Waals surface area contributed by atoms with Crippen molar-refractivity contribution in [2.45, 2.75) is 25.9 Å². The van der Waals surface area contributed by atoms with Gasteiger partial charge in [-0.2, -0.15) is 5.11 Å². The highest BCUT2D eigenvalue weighted by molar-refractivity contribution is 6.31. The summed E-state index contributed by atoms with van der Waals surface area (Å²) >= 11 is 5.99. The van der Waals surface area contributed by atoms with Gasteiger partial charge in [0.25, 0.3) is 11.8 Å². The Kier molecular flexibility index (Phi) is 5.60. The summed E-state index contributed by atoms with van der Waals surface area (Å²) in [6, 6.07) is 9.88. The molecule has 0 radical (unpaired) electrons. The maximum atomic E-state index is 13.0. The number of carbonyl (C=O) groups excluding carboxylic acids is 3. The van der Waals surface area contributed by atoms with Gasteiger partial charge in [-0.05, 0) is 55.8 Å². The number of hydrogen-bond donors (Lipinski definition) is 1. The molecule has 3 amide bonds. The first-order valence-corrected chi connectivity index (χ1v) is 10.1. The Morgan fingerprint density at radius 1 is 1.16 bits per heavy atom. The minimum absolute atomic E-state index is 0.229. The Balaban J connectivity index is 1.47. The fourth-order valence-electron chi connectivity index (χ4n) is 3.53. The van der Waals surface area contributed by atoms with Crippen LogP contribution in [0.2, 0.25) is 5.02 Å². The summed E-state index contributed by atoms with van der Waals surface area (Å²) in [4.78, 5) is 39.4.